The molecule has 0 unspecified atom stereocenters. The molecule has 23 heavy (non-hydrogen) atoms. The topological polar surface area (TPSA) is 42.0 Å². The lowest BCUT2D eigenvalue weighted by atomic mass is 9.73. The third-order valence-corrected chi connectivity index (χ3v) is 5.78. The standard InChI is InChI=1S/C18H21ClN2OS/c1-18(2,3)12-6-9-14-15(10-12)23-17(20-14)21-16(22)11-4-7-13(19)8-5-11/h4-5,7-8,12H,6,9-10H2,1-3H3,(H,20,21,22)/t12-/m1/s1. The van der Waals surface area contributed by atoms with Crippen molar-refractivity contribution in [3.63, 3.8) is 0 Å². The quantitative estimate of drug-likeness (QED) is 0.810. The number of hydrogen-bond donors (Lipinski definition) is 1. The van der Waals surface area contributed by atoms with Crippen LogP contribution < -0.4 is 5.32 Å². The van der Waals surface area contributed by atoms with Crippen LogP contribution in [0.3, 0.4) is 0 Å². The number of amides is 1. The normalized spacial score (nSPS) is 17.7. The van der Waals surface area contributed by atoms with E-state index in [-0.39, 0.29) is 5.91 Å². The van der Waals surface area contributed by atoms with Crippen molar-refractivity contribution in [1.29, 1.82) is 0 Å². The lowest BCUT2D eigenvalue weighted by molar-refractivity contribution is 0.102. The third kappa shape index (κ3) is 3.75. The van der Waals surface area contributed by atoms with E-state index in [1.165, 1.54) is 11.3 Å². The molecule has 1 aromatic heterocycles. The molecule has 0 radical (unpaired) electrons. The Morgan fingerprint density at radius 3 is 2.65 bits per heavy atom. The zero-order valence-corrected chi connectivity index (χ0v) is 15.2. The summed E-state index contributed by atoms with van der Waals surface area (Å²) in [5, 5.41) is 4.24. The summed E-state index contributed by atoms with van der Waals surface area (Å²) in [5.74, 6) is 0.537. The number of aryl methyl sites for hydroxylation is 1. The van der Waals surface area contributed by atoms with Gasteiger partial charge in [0.05, 0.1) is 5.69 Å². The number of fused-ring (bicyclic) bond motifs is 1. The molecular weight excluding hydrogens is 328 g/mol. The Balaban J connectivity index is 1.72. The van der Waals surface area contributed by atoms with Gasteiger partial charge in [-0.2, -0.15) is 0 Å². The molecule has 1 atom stereocenters. The van der Waals surface area contributed by atoms with Gasteiger partial charge in [-0.15, -0.1) is 11.3 Å². The van der Waals surface area contributed by atoms with E-state index in [2.05, 4.69) is 31.1 Å². The Hall–Kier alpha value is -1.39. The summed E-state index contributed by atoms with van der Waals surface area (Å²) in [7, 11) is 0. The summed E-state index contributed by atoms with van der Waals surface area (Å²) in [6.07, 6.45) is 3.24. The maximum Gasteiger partial charge on any atom is 0.257 e. The second-order valence-electron chi connectivity index (χ2n) is 7.16. The van der Waals surface area contributed by atoms with E-state index >= 15 is 0 Å². The highest BCUT2D eigenvalue weighted by molar-refractivity contribution is 7.15. The number of carbonyl (C=O) groups is 1. The van der Waals surface area contributed by atoms with Crippen molar-refractivity contribution in [2.24, 2.45) is 11.3 Å². The van der Waals surface area contributed by atoms with Gasteiger partial charge in [-0.1, -0.05) is 32.4 Å². The van der Waals surface area contributed by atoms with Crippen molar-refractivity contribution in [2.75, 3.05) is 5.32 Å². The van der Waals surface area contributed by atoms with Crippen LogP contribution in [0.25, 0.3) is 0 Å². The third-order valence-electron chi connectivity index (χ3n) is 4.49. The van der Waals surface area contributed by atoms with Crippen LogP contribution in [0.1, 0.15) is 48.1 Å². The number of carbonyl (C=O) groups excluding carboxylic acids is 1. The van der Waals surface area contributed by atoms with Crippen LogP contribution in [0.4, 0.5) is 5.13 Å². The van der Waals surface area contributed by atoms with Crippen molar-refractivity contribution in [3.05, 3.63) is 45.4 Å². The fourth-order valence-electron chi connectivity index (χ4n) is 2.94. The summed E-state index contributed by atoms with van der Waals surface area (Å²) in [5.41, 5.74) is 2.06. The van der Waals surface area contributed by atoms with Gasteiger partial charge in [0.15, 0.2) is 5.13 Å². The number of rotatable bonds is 2. The van der Waals surface area contributed by atoms with E-state index in [0.29, 0.717) is 27.1 Å². The Labute approximate surface area is 146 Å². The Morgan fingerprint density at radius 1 is 1.30 bits per heavy atom. The molecule has 122 valence electrons. The monoisotopic (exact) mass is 348 g/mol. The molecule has 0 bridgehead atoms. The number of hydrogen-bond acceptors (Lipinski definition) is 3. The number of nitrogens with zero attached hydrogens (tertiary/aromatic N) is 1. The molecule has 3 nitrogen and oxygen atoms in total. The van der Waals surface area contributed by atoms with Gasteiger partial charge in [0.1, 0.15) is 0 Å². The molecule has 2 aromatic rings. The summed E-state index contributed by atoms with van der Waals surface area (Å²) in [4.78, 5) is 18.2. The minimum absolute atomic E-state index is 0.139. The minimum atomic E-state index is -0.139. The Morgan fingerprint density at radius 2 is 2.00 bits per heavy atom. The van der Waals surface area contributed by atoms with Crippen molar-refractivity contribution in [3.8, 4) is 0 Å². The van der Waals surface area contributed by atoms with Crippen LogP contribution in [-0.2, 0) is 12.8 Å². The molecule has 1 heterocycles. The highest BCUT2D eigenvalue weighted by Gasteiger charge is 2.30. The summed E-state index contributed by atoms with van der Waals surface area (Å²) < 4.78 is 0. The molecular formula is C18H21ClN2OS. The van der Waals surface area contributed by atoms with Crippen LogP contribution in [0.15, 0.2) is 24.3 Å². The van der Waals surface area contributed by atoms with E-state index in [4.69, 9.17) is 11.6 Å². The van der Waals surface area contributed by atoms with Gasteiger partial charge in [0, 0.05) is 15.5 Å². The number of benzene rings is 1. The van der Waals surface area contributed by atoms with Gasteiger partial charge in [0.25, 0.3) is 5.91 Å². The molecule has 0 fully saturated rings. The number of thiazole rings is 1. The molecule has 1 aliphatic carbocycles. The average Bonchev–Trinajstić information content (AvgIpc) is 2.88. The maximum absolute atomic E-state index is 12.3. The largest absolute Gasteiger partial charge is 0.298 e. The SMILES string of the molecule is CC(C)(C)[C@@H]1CCc2nc(NC(=O)c3ccc(Cl)cc3)sc2C1. The number of nitrogens with one attached hydrogen (secondary N) is 1. The predicted molar refractivity (Wildman–Crippen MR) is 96.5 cm³/mol. The van der Waals surface area contributed by atoms with Crippen molar-refractivity contribution in [2.45, 2.75) is 40.0 Å². The molecule has 1 aromatic carbocycles. The molecule has 0 spiro atoms. The van der Waals surface area contributed by atoms with Crippen molar-refractivity contribution >= 4 is 34.0 Å². The molecule has 0 saturated heterocycles. The minimum Gasteiger partial charge on any atom is -0.298 e. The molecule has 1 aliphatic rings. The highest BCUT2D eigenvalue weighted by Crippen LogP contribution is 2.40. The first kappa shape index (κ1) is 16.5. The second kappa shape index (κ2) is 6.25. The first-order valence-electron chi connectivity index (χ1n) is 7.88. The maximum atomic E-state index is 12.3. The van der Waals surface area contributed by atoms with Gasteiger partial charge >= 0.3 is 0 Å². The summed E-state index contributed by atoms with van der Waals surface area (Å²) in [6, 6.07) is 6.89. The molecule has 1 N–H and O–H groups in total. The second-order valence-corrected chi connectivity index (χ2v) is 8.68. The lowest BCUT2D eigenvalue weighted by Crippen LogP contribution is -2.26. The predicted octanol–water partition coefficient (Wildman–Crippen LogP) is 5.20. The molecule has 0 aliphatic heterocycles. The first-order valence-corrected chi connectivity index (χ1v) is 9.08. The van der Waals surface area contributed by atoms with Gasteiger partial charge < -0.3 is 0 Å². The zero-order valence-electron chi connectivity index (χ0n) is 13.6. The van der Waals surface area contributed by atoms with Crippen LogP contribution >= 0.6 is 22.9 Å². The number of aromatic nitrogens is 1. The van der Waals surface area contributed by atoms with Crippen molar-refractivity contribution in [1.82, 2.24) is 4.98 Å². The van der Waals surface area contributed by atoms with Gasteiger partial charge in [-0.25, -0.2) is 4.98 Å². The zero-order chi connectivity index (χ0) is 16.6. The number of anilines is 1. The van der Waals surface area contributed by atoms with Gasteiger partial charge in [-0.3, -0.25) is 10.1 Å². The van der Waals surface area contributed by atoms with Crippen molar-refractivity contribution < 1.29 is 4.79 Å². The van der Waals surface area contributed by atoms with Crippen LogP contribution in [-0.4, -0.2) is 10.9 Å². The van der Waals surface area contributed by atoms with Crippen LogP contribution in [0.2, 0.25) is 5.02 Å². The van der Waals surface area contributed by atoms with Gasteiger partial charge in [-0.05, 0) is 54.9 Å². The Bertz CT molecular complexity index is 716. The average molecular weight is 349 g/mol. The Kier molecular flexibility index (Phi) is 4.47. The fourth-order valence-corrected chi connectivity index (χ4v) is 4.15. The van der Waals surface area contributed by atoms with Gasteiger partial charge in [0.2, 0.25) is 0 Å². The molecule has 0 saturated carbocycles. The van der Waals surface area contributed by atoms with E-state index in [0.717, 1.165) is 18.5 Å². The van der Waals surface area contributed by atoms with E-state index in [1.54, 1.807) is 35.6 Å². The molecule has 1 amide bonds. The molecule has 3 rings (SSSR count). The smallest absolute Gasteiger partial charge is 0.257 e. The fraction of sp³-hybridized carbons (Fsp3) is 0.444. The molecule has 5 heteroatoms. The summed E-state index contributed by atoms with van der Waals surface area (Å²) in [6.45, 7) is 6.90. The van der Waals surface area contributed by atoms with E-state index in [1.807, 2.05) is 0 Å². The first-order chi connectivity index (χ1) is 10.8. The highest BCUT2D eigenvalue weighted by atomic mass is 35.5. The summed E-state index contributed by atoms with van der Waals surface area (Å²) >= 11 is 7.47. The lowest BCUT2D eigenvalue weighted by Gasteiger charge is -2.33. The number of halogens is 1. The van der Waals surface area contributed by atoms with E-state index < -0.39 is 0 Å². The van der Waals surface area contributed by atoms with Crippen LogP contribution in [0, 0.1) is 11.3 Å². The van der Waals surface area contributed by atoms with Crippen LogP contribution in [0.5, 0.6) is 0 Å². The van der Waals surface area contributed by atoms with E-state index in [9.17, 15) is 4.79 Å².